The third kappa shape index (κ3) is 4.07. The second-order valence-corrected chi connectivity index (χ2v) is 6.20. The van der Waals surface area contributed by atoms with Crippen LogP contribution in [-0.4, -0.2) is 34.6 Å². The van der Waals surface area contributed by atoms with E-state index in [9.17, 15) is 0 Å². The molecule has 1 saturated carbocycles. The van der Waals surface area contributed by atoms with Gasteiger partial charge in [0.2, 0.25) is 0 Å². The van der Waals surface area contributed by atoms with Gasteiger partial charge < -0.3 is 10.1 Å². The van der Waals surface area contributed by atoms with E-state index < -0.39 is 0 Å². The van der Waals surface area contributed by atoms with E-state index in [4.69, 9.17) is 4.74 Å². The van der Waals surface area contributed by atoms with E-state index in [1.165, 1.54) is 37.8 Å². The topological polar surface area (TPSA) is 39.1 Å². The molecule has 1 aromatic rings. The molecular weight excluding hydrogens is 262 g/mol. The minimum Gasteiger partial charge on any atom is -0.374 e. The van der Waals surface area contributed by atoms with E-state index in [-0.39, 0.29) is 5.60 Å². The van der Waals surface area contributed by atoms with Crippen LogP contribution in [0.15, 0.2) is 12.3 Å². The van der Waals surface area contributed by atoms with Crippen molar-refractivity contribution in [1.29, 1.82) is 0 Å². The summed E-state index contributed by atoms with van der Waals surface area (Å²) in [6.07, 6.45) is 10.3. The van der Waals surface area contributed by atoms with Gasteiger partial charge in [-0.25, -0.2) is 0 Å². The van der Waals surface area contributed by atoms with Crippen molar-refractivity contribution in [3.05, 3.63) is 18.0 Å². The van der Waals surface area contributed by atoms with Gasteiger partial charge in [0.05, 0.1) is 5.60 Å². The Kier molecular flexibility index (Phi) is 6.24. The Balaban J connectivity index is 2.03. The monoisotopic (exact) mass is 293 g/mol. The predicted octanol–water partition coefficient (Wildman–Crippen LogP) is 3.07. The van der Waals surface area contributed by atoms with E-state index in [0.29, 0.717) is 6.04 Å². The molecule has 1 N–H and O–H groups in total. The van der Waals surface area contributed by atoms with Crippen molar-refractivity contribution in [1.82, 2.24) is 15.1 Å². The largest absolute Gasteiger partial charge is 0.374 e. The zero-order chi connectivity index (χ0) is 15.1. The van der Waals surface area contributed by atoms with E-state index >= 15 is 0 Å². The Morgan fingerprint density at radius 2 is 2.14 bits per heavy atom. The van der Waals surface area contributed by atoms with Gasteiger partial charge in [-0.2, -0.15) is 5.10 Å². The molecule has 1 atom stereocenters. The molecule has 2 rings (SSSR count). The summed E-state index contributed by atoms with van der Waals surface area (Å²) in [4.78, 5) is 0. The van der Waals surface area contributed by atoms with Crippen LogP contribution in [0.3, 0.4) is 0 Å². The first-order valence-electron chi connectivity index (χ1n) is 8.56. The third-order valence-corrected chi connectivity index (χ3v) is 4.77. The fourth-order valence-corrected chi connectivity index (χ4v) is 3.66. The van der Waals surface area contributed by atoms with Gasteiger partial charge in [0.15, 0.2) is 0 Å². The maximum absolute atomic E-state index is 6.26. The van der Waals surface area contributed by atoms with Gasteiger partial charge in [0, 0.05) is 31.6 Å². The summed E-state index contributed by atoms with van der Waals surface area (Å²) in [6.45, 7) is 6.24. The van der Waals surface area contributed by atoms with Crippen LogP contribution >= 0.6 is 0 Å². The van der Waals surface area contributed by atoms with E-state index in [1.54, 1.807) is 0 Å². The second kappa shape index (κ2) is 7.95. The fraction of sp³-hybridized carbons (Fsp3) is 0.824. The number of hydrogen-bond donors (Lipinski definition) is 1. The summed E-state index contributed by atoms with van der Waals surface area (Å²) in [7, 11) is 2.03. The standard InChI is InChI=1S/C17H31N3O/c1-4-13-18-16(9-8-15-10-14-19-20(15)3)17(21-5-2)11-6-7-12-17/h10,14,16,18H,4-9,11-13H2,1-3H3. The molecule has 1 aliphatic rings. The van der Waals surface area contributed by atoms with Gasteiger partial charge in [-0.05, 0) is 51.6 Å². The van der Waals surface area contributed by atoms with Crippen LogP contribution in [-0.2, 0) is 18.2 Å². The van der Waals surface area contributed by atoms with Crippen molar-refractivity contribution in [3.63, 3.8) is 0 Å². The molecule has 0 radical (unpaired) electrons. The van der Waals surface area contributed by atoms with Gasteiger partial charge >= 0.3 is 0 Å². The van der Waals surface area contributed by atoms with Gasteiger partial charge in [-0.1, -0.05) is 19.8 Å². The lowest BCUT2D eigenvalue weighted by molar-refractivity contribution is -0.0631. The van der Waals surface area contributed by atoms with Crippen LogP contribution in [0.1, 0.15) is 58.1 Å². The minimum atomic E-state index is 0.0580. The first-order valence-corrected chi connectivity index (χ1v) is 8.56. The predicted molar refractivity (Wildman–Crippen MR) is 86.4 cm³/mol. The molecular formula is C17H31N3O. The first kappa shape index (κ1) is 16.5. The normalized spacial score (nSPS) is 19.0. The first-order chi connectivity index (χ1) is 10.2. The van der Waals surface area contributed by atoms with Crippen LogP contribution in [0.4, 0.5) is 0 Å². The summed E-state index contributed by atoms with van der Waals surface area (Å²) >= 11 is 0. The third-order valence-electron chi connectivity index (χ3n) is 4.77. The highest BCUT2D eigenvalue weighted by Gasteiger charge is 2.41. The van der Waals surface area contributed by atoms with Crippen molar-refractivity contribution < 1.29 is 4.74 Å². The highest BCUT2D eigenvalue weighted by atomic mass is 16.5. The molecule has 0 aliphatic heterocycles. The Morgan fingerprint density at radius 3 is 2.71 bits per heavy atom. The minimum absolute atomic E-state index is 0.0580. The Morgan fingerprint density at radius 1 is 1.38 bits per heavy atom. The van der Waals surface area contributed by atoms with E-state index in [0.717, 1.165) is 26.0 Å². The number of hydrogen-bond acceptors (Lipinski definition) is 3. The lowest BCUT2D eigenvalue weighted by Gasteiger charge is -2.38. The molecule has 4 nitrogen and oxygen atoms in total. The average Bonchev–Trinajstić information content (AvgIpc) is 3.10. The van der Waals surface area contributed by atoms with Gasteiger partial charge in [-0.3, -0.25) is 4.68 Å². The lowest BCUT2D eigenvalue weighted by Crippen LogP contribution is -2.51. The molecule has 0 bridgehead atoms. The Bertz CT molecular complexity index is 410. The molecule has 0 saturated heterocycles. The molecule has 0 aromatic carbocycles. The zero-order valence-electron chi connectivity index (χ0n) is 13.9. The molecule has 4 heteroatoms. The average molecular weight is 293 g/mol. The van der Waals surface area contributed by atoms with E-state index in [1.807, 2.05) is 17.9 Å². The van der Waals surface area contributed by atoms with Crippen LogP contribution in [0.2, 0.25) is 0 Å². The maximum atomic E-state index is 6.26. The SMILES string of the molecule is CCCNC(CCc1ccnn1C)C1(OCC)CCCC1. The van der Waals surface area contributed by atoms with Crippen molar-refractivity contribution in [2.24, 2.45) is 7.05 Å². The highest BCUT2D eigenvalue weighted by molar-refractivity contribution is 5.03. The smallest absolute Gasteiger partial charge is 0.0834 e. The summed E-state index contributed by atoms with van der Waals surface area (Å²) in [5.74, 6) is 0. The van der Waals surface area contributed by atoms with Crippen molar-refractivity contribution in [3.8, 4) is 0 Å². The van der Waals surface area contributed by atoms with Crippen LogP contribution in [0.5, 0.6) is 0 Å². The lowest BCUT2D eigenvalue weighted by atomic mass is 9.88. The van der Waals surface area contributed by atoms with Crippen molar-refractivity contribution in [2.45, 2.75) is 70.4 Å². The molecule has 1 unspecified atom stereocenters. The summed E-state index contributed by atoms with van der Waals surface area (Å²) in [5.41, 5.74) is 1.37. The van der Waals surface area contributed by atoms with Gasteiger partial charge in [0.1, 0.15) is 0 Å². The molecule has 1 aromatic heterocycles. The Labute approximate surface area is 129 Å². The summed E-state index contributed by atoms with van der Waals surface area (Å²) in [6, 6.07) is 2.58. The van der Waals surface area contributed by atoms with Crippen LogP contribution in [0, 0.1) is 0 Å². The maximum Gasteiger partial charge on any atom is 0.0834 e. The van der Waals surface area contributed by atoms with Gasteiger partial charge in [0.25, 0.3) is 0 Å². The zero-order valence-corrected chi connectivity index (χ0v) is 13.9. The molecule has 1 aliphatic carbocycles. The molecule has 0 amide bonds. The van der Waals surface area contributed by atoms with Crippen LogP contribution in [0.25, 0.3) is 0 Å². The number of rotatable bonds is 9. The quantitative estimate of drug-likeness (QED) is 0.760. The molecule has 21 heavy (non-hydrogen) atoms. The number of aromatic nitrogens is 2. The highest BCUT2D eigenvalue weighted by Crippen LogP contribution is 2.37. The summed E-state index contributed by atoms with van der Waals surface area (Å²) < 4.78 is 8.25. The number of nitrogens with one attached hydrogen (secondary N) is 1. The number of ether oxygens (including phenoxy) is 1. The molecule has 0 spiro atoms. The van der Waals surface area contributed by atoms with Gasteiger partial charge in [-0.15, -0.1) is 0 Å². The molecule has 1 heterocycles. The van der Waals surface area contributed by atoms with Crippen LogP contribution < -0.4 is 5.32 Å². The summed E-state index contributed by atoms with van der Waals surface area (Å²) in [5, 5.41) is 8.04. The molecule has 1 fully saturated rings. The van der Waals surface area contributed by atoms with Crippen molar-refractivity contribution in [2.75, 3.05) is 13.2 Å². The number of nitrogens with zero attached hydrogens (tertiary/aromatic N) is 2. The van der Waals surface area contributed by atoms with E-state index in [2.05, 4.69) is 30.3 Å². The Hall–Kier alpha value is -0.870. The number of aryl methyl sites for hydroxylation is 2. The second-order valence-electron chi connectivity index (χ2n) is 6.20. The molecule has 120 valence electrons. The fourth-order valence-electron chi connectivity index (χ4n) is 3.66. The van der Waals surface area contributed by atoms with Crippen molar-refractivity contribution >= 4 is 0 Å².